The Morgan fingerprint density at radius 1 is 1.39 bits per heavy atom. The first-order valence-corrected chi connectivity index (χ1v) is 11.1. The number of piperazine rings is 1. The summed E-state index contributed by atoms with van der Waals surface area (Å²) in [5.41, 5.74) is 1.16. The minimum absolute atomic E-state index is 0.0534. The van der Waals surface area contributed by atoms with Crippen LogP contribution in [0.5, 0.6) is 0 Å². The van der Waals surface area contributed by atoms with Crippen molar-refractivity contribution in [1.29, 1.82) is 5.26 Å². The Balaban J connectivity index is 1.46. The van der Waals surface area contributed by atoms with Crippen LogP contribution in [0.3, 0.4) is 0 Å². The van der Waals surface area contributed by atoms with Crippen molar-refractivity contribution < 1.29 is 9.59 Å². The lowest BCUT2D eigenvalue weighted by Gasteiger charge is -2.30. The number of hydrogen-bond donors (Lipinski definition) is 2. The molecule has 2 aliphatic heterocycles. The predicted octanol–water partition coefficient (Wildman–Crippen LogP) is 1.26. The van der Waals surface area contributed by atoms with E-state index in [-0.39, 0.29) is 24.3 Å². The standard InChI is InChI=1S/C20H24N8O2S/c1-13-9-16(25-18(23-13)14-3-2-6-27(10-14)7-4-21)26-20-24-15(12-31-20)19(30)28-8-5-22-17(29)11-28/h9,12,14H,2-3,5-8,10-11H2,1H3,(H,22,29)(H,23,24,25,26). The van der Waals surface area contributed by atoms with Crippen molar-refractivity contribution >= 4 is 34.1 Å². The minimum Gasteiger partial charge on any atom is -0.353 e. The number of hydrogen-bond acceptors (Lipinski definition) is 9. The summed E-state index contributed by atoms with van der Waals surface area (Å²) in [5.74, 6) is 1.16. The summed E-state index contributed by atoms with van der Waals surface area (Å²) in [6.07, 6.45) is 2.00. The van der Waals surface area contributed by atoms with Gasteiger partial charge in [-0.05, 0) is 26.3 Å². The monoisotopic (exact) mass is 440 g/mol. The molecule has 162 valence electrons. The highest BCUT2D eigenvalue weighted by Gasteiger charge is 2.25. The number of piperidine rings is 1. The van der Waals surface area contributed by atoms with Crippen LogP contribution in [0.4, 0.5) is 10.9 Å². The molecule has 0 saturated carbocycles. The number of aryl methyl sites for hydroxylation is 1. The molecule has 4 heterocycles. The highest BCUT2D eigenvalue weighted by Crippen LogP contribution is 2.27. The van der Waals surface area contributed by atoms with E-state index in [1.165, 1.54) is 16.2 Å². The smallest absolute Gasteiger partial charge is 0.273 e. The Kier molecular flexibility index (Phi) is 6.39. The third-order valence-electron chi connectivity index (χ3n) is 5.32. The number of amides is 2. The molecule has 2 aliphatic rings. The third kappa shape index (κ3) is 5.15. The fourth-order valence-electron chi connectivity index (χ4n) is 3.86. The Morgan fingerprint density at radius 2 is 2.26 bits per heavy atom. The Morgan fingerprint density at radius 3 is 3.06 bits per heavy atom. The van der Waals surface area contributed by atoms with Gasteiger partial charge in [0.05, 0.1) is 19.2 Å². The molecule has 0 aliphatic carbocycles. The van der Waals surface area contributed by atoms with Crippen LogP contribution in [-0.4, -0.2) is 75.8 Å². The first-order valence-electron chi connectivity index (χ1n) is 10.2. The lowest BCUT2D eigenvalue weighted by Crippen LogP contribution is -2.50. The normalized spacial score (nSPS) is 19.5. The van der Waals surface area contributed by atoms with Crippen molar-refractivity contribution in [3.63, 3.8) is 0 Å². The van der Waals surface area contributed by atoms with E-state index < -0.39 is 0 Å². The zero-order valence-electron chi connectivity index (χ0n) is 17.3. The van der Waals surface area contributed by atoms with Gasteiger partial charge in [-0.2, -0.15) is 5.26 Å². The SMILES string of the molecule is Cc1cc(Nc2nc(C(=O)N3CCNC(=O)C3)cs2)nc(C2CCCN(CC#N)C2)n1. The molecule has 4 rings (SSSR count). The second-order valence-corrected chi connectivity index (χ2v) is 8.58. The molecule has 2 N–H and O–H groups in total. The average Bonchev–Trinajstić information content (AvgIpc) is 3.21. The van der Waals surface area contributed by atoms with Crippen molar-refractivity contribution in [2.75, 3.05) is 44.6 Å². The maximum atomic E-state index is 12.6. The lowest BCUT2D eigenvalue weighted by molar-refractivity contribution is -0.123. The second kappa shape index (κ2) is 9.36. The molecule has 0 spiro atoms. The van der Waals surface area contributed by atoms with Gasteiger partial charge < -0.3 is 15.5 Å². The van der Waals surface area contributed by atoms with E-state index in [1.54, 1.807) is 5.38 Å². The van der Waals surface area contributed by atoms with Gasteiger partial charge in [0.1, 0.15) is 17.3 Å². The van der Waals surface area contributed by atoms with Crippen molar-refractivity contribution in [2.24, 2.45) is 0 Å². The summed E-state index contributed by atoms with van der Waals surface area (Å²) in [7, 11) is 0. The summed E-state index contributed by atoms with van der Waals surface area (Å²) in [5, 5.41) is 17.1. The number of nitriles is 1. The molecule has 2 fully saturated rings. The minimum atomic E-state index is -0.251. The number of thiazole rings is 1. The van der Waals surface area contributed by atoms with Crippen molar-refractivity contribution in [1.82, 2.24) is 30.1 Å². The van der Waals surface area contributed by atoms with E-state index in [0.29, 0.717) is 36.3 Å². The summed E-state index contributed by atoms with van der Waals surface area (Å²) in [4.78, 5) is 41.5. The van der Waals surface area contributed by atoms with Crippen LogP contribution in [-0.2, 0) is 4.79 Å². The fraction of sp³-hybridized carbons (Fsp3) is 0.500. The number of nitrogens with zero attached hydrogens (tertiary/aromatic N) is 6. The molecule has 1 unspecified atom stereocenters. The highest BCUT2D eigenvalue weighted by molar-refractivity contribution is 7.14. The maximum Gasteiger partial charge on any atom is 0.273 e. The second-order valence-electron chi connectivity index (χ2n) is 7.72. The van der Waals surface area contributed by atoms with Gasteiger partial charge in [-0.25, -0.2) is 15.0 Å². The van der Waals surface area contributed by atoms with Gasteiger partial charge in [-0.3, -0.25) is 14.5 Å². The number of carbonyl (C=O) groups is 2. The summed E-state index contributed by atoms with van der Waals surface area (Å²) in [6, 6.07) is 4.06. The van der Waals surface area contributed by atoms with Crippen LogP contribution in [0, 0.1) is 18.3 Å². The van der Waals surface area contributed by atoms with E-state index in [4.69, 9.17) is 5.26 Å². The molecule has 0 radical (unpaired) electrons. The van der Waals surface area contributed by atoms with Gasteiger partial charge in [0, 0.05) is 42.7 Å². The van der Waals surface area contributed by atoms with Crippen LogP contribution in [0.2, 0.25) is 0 Å². The molecular weight excluding hydrogens is 416 g/mol. The molecular formula is C20H24N8O2S. The number of anilines is 2. The Labute approximate surface area is 184 Å². The van der Waals surface area contributed by atoms with Crippen LogP contribution in [0.25, 0.3) is 0 Å². The topological polar surface area (TPSA) is 127 Å². The van der Waals surface area contributed by atoms with E-state index in [1.807, 2.05) is 13.0 Å². The molecule has 2 aromatic rings. The first kappa shape index (κ1) is 21.1. The Hall–Kier alpha value is -3.10. The van der Waals surface area contributed by atoms with Crippen LogP contribution < -0.4 is 10.6 Å². The van der Waals surface area contributed by atoms with Gasteiger partial charge in [0.25, 0.3) is 5.91 Å². The zero-order valence-corrected chi connectivity index (χ0v) is 18.1. The molecule has 11 heteroatoms. The van der Waals surface area contributed by atoms with Crippen molar-refractivity contribution in [3.8, 4) is 6.07 Å². The predicted molar refractivity (Wildman–Crippen MR) is 115 cm³/mol. The molecule has 2 amide bonds. The molecule has 0 aromatic carbocycles. The van der Waals surface area contributed by atoms with E-state index in [2.05, 4.69) is 36.6 Å². The molecule has 31 heavy (non-hydrogen) atoms. The fourth-order valence-corrected chi connectivity index (χ4v) is 4.55. The number of nitrogens with one attached hydrogen (secondary N) is 2. The van der Waals surface area contributed by atoms with Gasteiger partial charge >= 0.3 is 0 Å². The largest absolute Gasteiger partial charge is 0.353 e. The van der Waals surface area contributed by atoms with Crippen molar-refractivity contribution in [2.45, 2.75) is 25.7 Å². The highest BCUT2D eigenvalue weighted by atomic mass is 32.1. The molecule has 10 nitrogen and oxygen atoms in total. The summed E-state index contributed by atoms with van der Waals surface area (Å²) < 4.78 is 0. The van der Waals surface area contributed by atoms with Crippen LogP contribution >= 0.6 is 11.3 Å². The molecule has 1 atom stereocenters. The maximum absolute atomic E-state index is 12.6. The molecule has 0 bridgehead atoms. The quantitative estimate of drug-likeness (QED) is 0.665. The average molecular weight is 441 g/mol. The number of aromatic nitrogens is 3. The summed E-state index contributed by atoms with van der Waals surface area (Å²) in [6.45, 7) is 5.02. The van der Waals surface area contributed by atoms with Gasteiger partial charge in [-0.1, -0.05) is 0 Å². The third-order valence-corrected chi connectivity index (χ3v) is 6.08. The van der Waals surface area contributed by atoms with Gasteiger partial charge in [-0.15, -0.1) is 11.3 Å². The lowest BCUT2D eigenvalue weighted by atomic mass is 9.97. The van der Waals surface area contributed by atoms with Crippen LogP contribution in [0.1, 0.15) is 40.8 Å². The number of rotatable bonds is 5. The van der Waals surface area contributed by atoms with Crippen LogP contribution in [0.15, 0.2) is 11.4 Å². The van der Waals surface area contributed by atoms with E-state index in [9.17, 15) is 9.59 Å². The van der Waals surface area contributed by atoms with Crippen molar-refractivity contribution in [3.05, 3.63) is 28.7 Å². The van der Waals surface area contributed by atoms with E-state index >= 15 is 0 Å². The number of carbonyl (C=O) groups excluding carboxylic acids is 2. The zero-order chi connectivity index (χ0) is 21.8. The van der Waals surface area contributed by atoms with Gasteiger partial charge in [0.2, 0.25) is 5.91 Å². The number of likely N-dealkylation sites (tertiary alicyclic amines) is 1. The summed E-state index contributed by atoms with van der Waals surface area (Å²) >= 11 is 1.32. The first-order chi connectivity index (χ1) is 15.0. The molecule has 2 aromatic heterocycles. The van der Waals surface area contributed by atoms with E-state index in [0.717, 1.165) is 37.4 Å². The van der Waals surface area contributed by atoms with Gasteiger partial charge in [0.15, 0.2) is 5.13 Å². The Bertz CT molecular complexity index is 1020. The molecule has 2 saturated heterocycles.